The van der Waals surface area contributed by atoms with Gasteiger partial charge in [0.15, 0.2) is 0 Å². The molecule has 19 heavy (non-hydrogen) atoms. The van der Waals surface area contributed by atoms with E-state index in [9.17, 15) is 4.39 Å². The molecule has 2 N–H and O–H groups in total. The molecule has 5 heteroatoms. The molecule has 0 saturated carbocycles. The van der Waals surface area contributed by atoms with Crippen LogP contribution in [0.2, 0.25) is 5.02 Å². The quantitative estimate of drug-likeness (QED) is 0.871. The van der Waals surface area contributed by atoms with Gasteiger partial charge in [0.05, 0.1) is 5.02 Å². The predicted octanol–water partition coefficient (Wildman–Crippen LogP) is 2.20. The van der Waals surface area contributed by atoms with Crippen molar-refractivity contribution < 1.29 is 9.50 Å². The Morgan fingerprint density at radius 2 is 2.11 bits per heavy atom. The molecule has 1 heterocycles. The molecule has 0 amide bonds. The third-order valence-electron chi connectivity index (χ3n) is 3.56. The Balaban J connectivity index is 2.17. The molecule has 1 aliphatic heterocycles. The van der Waals surface area contributed by atoms with E-state index in [0.717, 1.165) is 44.6 Å². The number of hydrogen-bond donors (Lipinski definition) is 2. The highest BCUT2D eigenvalue weighted by molar-refractivity contribution is 6.30. The zero-order valence-electron chi connectivity index (χ0n) is 10.9. The molecule has 3 nitrogen and oxygen atoms in total. The van der Waals surface area contributed by atoms with Crippen molar-refractivity contribution in [3.05, 3.63) is 34.6 Å². The molecule has 1 aromatic rings. The van der Waals surface area contributed by atoms with Gasteiger partial charge >= 0.3 is 0 Å². The zero-order chi connectivity index (χ0) is 13.7. The van der Waals surface area contributed by atoms with E-state index >= 15 is 0 Å². The number of nitrogens with one attached hydrogen (secondary N) is 1. The van der Waals surface area contributed by atoms with Gasteiger partial charge in [-0.3, -0.25) is 4.90 Å². The van der Waals surface area contributed by atoms with Crippen LogP contribution in [0.15, 0.2) is 18.2 Å². The molecule has 1 saturated heterocycles. The Bertz CT molecular complexity index is 410. The number of hydrogen-bond acceptors (Lipinski definition) is 3. The van der Waals surface area contributed by atoms with E-state index in [-0.39, 0.29) is 23.5 Å². The maximum Gasteiger partial charge on any atom is 0.142 e. The molecule has 0 aliphatic carbocycles. The summed E-state index contributed by atoms with van der Waals surface area (Å²) in [6.45, 7) is 3.96. The molecule has 1 fully saturated rings. The lowest BCUT2D eigenvalue weighted by Gasteiger charge is -2.35. The van der Waals surface area contributed by atoms with Crippen LogP contribution in [0.4, 0.5) is 4.39 Å². The SMILES string of the molecule is OCCC[C@H](c1ccc(Cl)c(F)c1)N1CCNCC1. The minimum absolute atomic E-state index is 0.154. The average Bonchev–Trinajstić information content (AvgIpc) is 2.44. The standard InChI is InChI=1S/C14H20ClFN2O/c15-12-4-3-11(10-13(12)16)14(2-1-9-19)18-7-5-17-6-8-18/h3-4,10,14,17,19H,1-2,5-9H2/t14-/m1/s1. The van der Waals surface area contributed by atoms with Crippen LogP contribution in [0.3, 0.4) is 0 Å². The van der Waals surface area contributed by atoms with Crippen molar-refractivity contribution in [2.45, 2.75) is 18.9 Å². The van der Waals surface area contributed by atoms with Crippen molar-refractivity contribution in [1.29, 1.82) is 0 Å². The predicted molar refractivity (Wildman–Crippen MR) is 74.9 cm³/mol. The Morgan fingerprint density at radius 3 is 2.74 bits per heavy atom. The summed E-state index contributed by atoms with van der Waals surface area (Å²) in [6, 6.07) is 5.17. The molecule has 0 radical (unpaired) electrons. The van der Waals surface area contributed by atoms with E-state index in [2.05, 4.69) is 10.2 Å². The van der Waals surface area contributed by atoms with E-state index in [1.54, 1.807) is 6.07 Å². The van der Waals surface area contributed by atoms with Gasteiger partial charge in [-0.2, -0.15) is 0 Å². The van der Waals surface area contributed by atoms with Gasteiger partial charge < -0.3 is 10.4 Å². The van der Waals surface area contributed by atoms with Crippen LogP contribution < -0.4 is 5.32 Å². The van der Waals surface area contributed by atoms with E-state index in [1.807, 2.05) is 6.07 Å². The van der Waals surface area contributed by atoms with Crippen LogP contribution >= 0.6 is 11.6 Å². The summed E-state index contributed by atoms with van der Waals surface area (Å²) < 4.78 is 13.6. The molecule has 2 rings (SSSR count). The largest absolute Gasteiger partial charge is 0.396 e. The van der Waals surface area contributed by atoms with Gasteiger partial charge in [-0.25, -0.2) is 4.39 Å². The maximum atomic E-state index is 13.6. The van der Waals surface area contributed by atoms with E-state index in [0.29, 0.717) is 0 Å². The monoisotopic (exact) mass is 286 g/mol. The lowest BCUT2D eigenvalue weighted by molar-refractivity contribution is 0.154. The number of aliphatic hydroxyl groups excluding tert-OH is 1. The second kappa shape index (κ2) is 7.20. The number of aliphatic hydroxyl groups is 1. The van der Waals surface area contributed by atoms with Crippen LogP contribution in [0.1, 0.15) is 24.4 Å². The summed E-state index contributed by atoms with van der Waals surface area (Å²) in [5.74, 6) is -0.372. The van der Waals surface area contributed by atoms with Crippen LogP contribution in [0.5, 0.6) is 0 Å². The van der Waals surface area contributed by atoms with Gasteiger partial charge in [-0.1, -0.05) is 17.7 Å². The van der Waals surface area contributed by atoms with Gasteiger partial charge in [0.25, 0.3) is 0 Å². The highest BCUT2D eigenvalue weighted by Crippen LogP contribution is 2.28. The van der Waals surface area contributed by atoms with Crippen molar-refractivity contribution >= 4 is 11.6 Å². The maximum absolute atomic E-state index is 13.6. The fourth-order valence-corrected chi connectivity index (χ4v) is 2.68. The van der Waals surface area contributed by atoms with Gasteiger partial charge in [-0.05, 0) is 30.5 Å². The third-order valence-corrected chi connectivity index (χ3v) is 3.86. The summed E-state index contributed by atoms with van der Waals surface area (Å²) in [4.78, 5) is 2.34. The first-order valence-corrected chi connectivity index (χ1v) is 7.10. The lowest BCUT2D eigenvalue weighted by Crippen LogP contribution is -2.45. The van der Waals surface area contributed by atoms with Gasteiger partial charge in [-0.15, -0.1) is 0 Å². The second-order valence-corrected chi connectivity index (χ2v) is 5.25. The number of piperazine rings is 1. The molecular weight excluding hydrogens is 267 g/mol. The molecular formula is C14H20ClFN2O. The Hall–Kier alpha value is -0.680. The normalized spacial score (nSPS) is 18.5. The average molecular weight is 287 g/mol. The van der Waals surface area contributed by atoms with Crippen molar-refractivity contribution in [3.8, 4) is 0 Å². The minimum Gasteiger partial charge on any atom is -0.396 e. The molecule has 0 spiro atoms. The number of rotatable bonds is 5. The summed E-state index contributed by atoms with van der Waals surface area (Å²) in [5, 5.41) is 12.5. The zero-order valence-corrected chi connectivity index (χ0v) is 11.7. The van der Waals surface area contributed by atoms with Crippen molar-refractivity contribution in [3.63, 3.8) is 0 Å². The minimum atomic E-state index is -0.372. The summed E-state index contributed by atoms with van der Waals surface area (Å²) in [7, 11) is 0. The smallest absolute Gasteiger partial charge is 0.142 e. The topological polar surface area (TPSA) is 35.5 Å². The fraction of sp³-hybridized carbons (Fsp3) is 0.571. The molecule has 106 valence electrons. The van der Waals surface area contributed by atoms with Crippen molar-refractivity contribution in [2.75, 3.05) is 32.8 Å². The first-order valence-electron chi connectivity index (χ1n) is 6.73. The molecule has 1 atom stereocenters. The summed E-state index contributed by atoms with van der Waals surface area (Å²) in [6.07, 6.45) is 1.55. The first-order chi connectivity index (χ1) is 9.22. The van der Waals surface area contributed by atoms with Crippen LogP contribution in [0.25, 0.3) is 0 Å². The van der Waals surface area contributed by atoms with Gasteiger partial charge in [0, 0.05) is 38.8 Å². The van der Waals surface area contributed by atoms with E-state index in [1.165, 1.54) is 6.07 Å². The van der Waals surface area contributed by atoms with E-state index < -0.39 is 0 Å². The molecule has 0 bridgehead atoms. The molecule has 0 aromatic heterocycles. The Labute approximate surface area is 118 Å². The van der Waals surface area contributed by atoms with Crippen molar-refractivity contribution in [1.82, 2.24) is 10.2 Å². The van der Waals surface area contributed by atoms with Crippen LogP contribution in [-0.4, -0.2) is 42.8 Å². The lowest BCUT2D eigenvalue weighted by atomic mass is 9.99. The summed E-state index contributed by atoms with van der Waals surface area (Å²) >= 11 is 5.74. The van der Waals surface area contributed by atoms with E-state index in [4.69, 9.17) is 16.7 Å². The Kier molecular flexibility index (Phi) is 5.58. The number of benzene rings is 1. The third kappa shape index (κ3) is 3.89. The highest BCUT2D eigenvalue weighted by atomic mass is 35.5. The number of nitrogens with zero attached hydrogens (tertiary/aromatic N) is 1. The van der Waals surface area contributed by atoms with Gasteiger partial charge in [0.2, 0.25) is 0 Å². The number of halogens is 2. The fourth-order valence-electron chi connectivity index (χ4n) is 2.56. The Morgan fingerprint density at radius 1 is 1.37 bits per heavy atom. The molecule has 1 aliphatic rings. The first kappa shape index (κ1) is 14.7. The van der Waals surface area contributed by atoms with Crippen LogP contribution in [-0.2, 0) is 0 Å². The summed E-state index contributed by atoms with van der Waals surface area (Å²) in [5.41, 5.74) is 0.942. The second-order valence-electron chi connectivity index (χ2n) is 4.84. The molecule has 0 unspecified atom stereocenters. The highest BCUT2D eigenvalue weighted by Gasteiger charge is 2.22. The van der Waals surface area contributed by atoms with Gasteiger partial charge in [0.1, 0.15) is 5.82 Å². The molecule has 1 aromatic carbocycles. The van der Waals surface area contributed by atoms with Crippen molar-refractivity contribution in [2.24, 2.45) is 0 Å². The van der Waals surface area contributed by atoms with Crippen LogP contribution in [0, 0.1) is 5.82 Å².